The Labute approximate surface area is 267 Å². The summed E-state index contributed by atoms with van der Waals surface area (Å²) in [6.07, 6.45) is 29.4. The third-order valence-electron chi connectivity index (χ3n) is 6.99. The van der Waals surface area contributed by atoms with Crippen molar-refractivity contribution in [2.45, 2.75) is 122 Å². The first-order valence-electron chi connectivity index (χ1n) is 16.7. The lowest BCUT2D eigenvalue weighted by Crippen LogP contribution is -2.50. The summed E-state index contributed by atoms with van der Waals surface area (Å²) in [6.45, 7) is 4.39. The summed E-state index contributed by atoms with van der Waals surface area (Å²) < 4.78 is 16.9. The van der Waals surface area contributed by atoms with Crippen molar-refractivity contribution in [1.29, 1.82) is 0 Å². The van der Waals surface area contributed by atoms with Crippen molar-refractivity contribution in [3.8, 4) is 0 Å². The number of unbranched alkanes of at least 4 members (excludes halogenated alkanes) is 6. The Kier molecular flexibility index (Phi) is 26.1. The summed E-state index contributed by atoms with van der Waals surface area (Å²) in [5.41, 5.74) is 0. The fraction of sp³-hybridized carbons (Fsp3) is 0.694. The minimum Gasteiger partial charge on any atom is -0.477 e. The number of carboxylic acids is 1. The second kappa shape index (κ2) is 27.8. The van der Waals surface area contributed by atoms with Crippen LogP contribution in [0.5, 0.6) is 0 Å². The van der Waals surface area contributed by atoms with E-state index in [0.717, 1.165) is 77.0 Å². The molecule has 0 amide bonds. The maximum absolute atomic E-state index is 12.5. The number of carbonyl (C=O) groups excluding carboxylic acids is 2. The average molecular weight is 621 g/mol. The maximum Gasteiger partial charge on any atom is 0.362 e. The third kappa shape index (κ3) is 25.8. The van der Waals surface area contributed by atoms with E-state index in [1.54, 1.807) is 0 Å². The number of ether oxygens (including phenoxy) is 3. The van der Waals surface area contributed by atoms with Gasteiger partial charge in [0.2, 0.25) is 0 Å². The normalized spacial score (nSPS) is 13.8. The Hall–Kier alpha value is -2.71. The number of allylic oxidation sites excluding steroid dienone is 8. The molecule has 0 bridgehead atoms. The number of nitrogens with zero attached hydrogens (tertiary/aromatic N) is 1. The molecular weight excluding hydrogens is 558 g/mol. The second-order valence-electron chi connectivity index (χ2n) is 12.0. The Morgan fingerprint density at radius 3 is 1.86 bits per heavy atom. The number of carbonyl (C=O) groups is 3. The van der Waals surface area contributed by atoms with Gasteiger partial charge in [-0.25, -0.2) is 4.79 Å². The Morgan fingerprint density at radius 2 is 1.27 bits per heavy atom. The molecule has 0 aliphatic heterocycles. The number of rotatable bonds is 28. The van der Waals surface area contributed by atoms with Crippen molar-refractivity contribution >= 4 is 17.9 Å². The molecule has 0 saturated heterocycles. The number of likely N-dealkylation sites (N-methyl/N-ethyl adjacent to an activating group) is 1. The molecule has 8 heteroatoms. The van der Waals surface area contributed by atoms with Crippen molar-refractivity contribution < 1.29 is 38.2 Å². The lowest BCUT2D eigenvalue weighted by atomic mass is 10.1. The van der Waals surface area contributed by atoms with Gasteiger partial charge in [-0.15, -0.1) is 0 Å². The van der Waals surface area contributed by atoms with Gasteiger partial charge in [-0.1, -0.05) is 88.1 Å². The molecule has 0 fully saturated rings. The van der Waals surface area contributed by atoms with Crippen LogP contribution in [0.25, 0.3) is 0 Å². The molecule has 0 aromatic rings. The van der Waals surface area contributed by atoms with E-state index in [-0.39, 0.29) is 36.2 Å². The van der Waals surface area contributed by atoms with Crippen LogP contribution in [0, 0.1) is 0 Å². The molecule has 0 radical (unpaired) electrons. The van der Waals surface area contributed by atoms with Crippen LogP contribution >= 0.6 is 0 Å². The molecule has 0 aliphatic rings. The average Bonchev–Trinajstić information content (AvgIpc) is 2.96. The van der Waals surface area contributed by atoms with Gasteiger partial charge in [0.05, 0.1) is 34.4 Å². The summed E-state index contributed by atoms with van der Waals surface area (Å²) in [6, 6.07) is -0.615. The minimum atomic E-state index is -0.886. The van der Waals surface area contributed by atoms with Gasteiger partial charge >= 0.3 is 17.9 Å². The molecule has 0 aliphatic carbocycles. The van der Waals surface area contributed by atoms with E-state index in [1.165, 1.54) is 0 Å². The predicted octanol–water partition coefficient (Wildman–Crippen LogP) is 7.73. The number of carboxylic acid groups (broad SMARTS) is 1. The molecule has 0 aromatic carbocycles. The molecule has 8 nitrogen and oxygen atoms in total. The minimum absolute atomic E-state index is 0.0479. The van der Waals surface area contributed by atoms with Crippen LogP contribution in [0.1, 0.15) is 110 Å². The van der Waals surface area contributed by atoms with Crippen LogP contribution in [0.4, 0.5) is 0 Å². The first-order valence-corrected chi connectivity index (χ1v) is 16.7. The van der Waals surface area contributed by atoms with Gasteiger partial charge in [0.15, 0.2) is 12.1 Å². The standard InChI is InChI=1S/C36H61NO7/c1-6-8-10-11-12-13-14-15-16-17-18-19-20-21-22-23-25-27-35(39)44-32(31-43-34(38)26-24-9-7-2)30-42-29-28-33(36(40)41)37(3,4)5/h8,10,12-13,15-16,18-19,32-33H,6-7,9,11,14,17,20-31H2,1-5H3/p+1/b10-8-,13-12-,16-15-,19-18-. The third-order valence-corrected chi connectivity index (χ3v) is 6.99. The van der Waals surface area contributed by atoms with E-state index < -0.39 is 18.1 Å². The van der Waals surface area contributed by atoms with Crippen LogP contribution in [-0.2, 0) is 28.6 Å². The van der Waals surface area contributed by atoms with Crippen LogP contribution < -0.4 is 0 Å². The van der Waals surface area contributed by atoms with Gasteiger partial charge in [0.1, 0.15) is 6.61 Å². The van der Waals surface area contributed by atoms with E-state index in [2.05, 4.69) is 62.5 Å². The lowest BCUT2D eigenvalue weighted by molar-refractivity contribution is -0.887. The Balaban J connectivity index is 4.34. The molecule has 2 unspecified atom stereocenters. The first-order chi connectivity index (χ1) is 21.1. The second-order valence-corrected chi connectivity index (χ2v) is 12.0. The number of aliphatic carboxylic acids is 1. The van der Waals surface area contributed by atoms with Gasteiger partial charge in [0, 0.05) is 19.3 Å². The molecule has 0 rings (SSSR count). The van der Waals surface area contributed by atoms with Crippen molar-refractivity contribution in [2.24, 2.45) is 0 Å². The summed E-state index contributed by atoms with van der Waals surface area (Å²) >= 11 is 0. The monoisotopic (exact) mass is 620 g/mol. The van der Waals surface area contributed by atoms with Gasteiger partial charge in [-0.2, -0.15) is 0 Å². The maximum atomic E-state index is 12.5. The Morgan fingerprint density at radius 1 is 0.705 bits per heavy atom. The fourth-order valence-electron chi connectivity index (χ4n) is 4.37. The number of esters is 2. The molecule has 252 valence electrons. The molecule has 0 saturated carbocycles. The van der Waals surface area contributed by atoms with E-state index in [9.17, 15) is 19.5 Å². The highest BCUT2D eigenvalue weighted by Crippen LogP contribution is 2.11. The highest BCUT2D eigenvalue weighted by molar-refractivity contribution is 5.72. The number of quaternary nitrogens is 1. The SMILES string of the molecule is CC/C=C\C/C=C\C/C=C\C/C=C\CCCCCCC(=O)OC(COCCC(C(=O)O)[N+](C)(C)C)COC(=O)CCCCC. The van der Waals surface area contributed by atoms with Gasteiger partial charge in [0.25, 0.3) is 0 Å². The topological polar surface area (TPSA) is 99.1 Å². The summed E-state index contributed by atoms with van der Waals surface area (Å²) in [5.74, 6) is -1.54. The lowest BCUT2D eigenvalue weighted by Gasteiger charge is -2.31. The van der Waals surface area contributed by atoms with E-state index in [1.807, 2.05) is 21.1 Å². The largest absolute Gasteiger partial charge is 0.477 e. The van der Waals surface area contributed by atoms with Gasteiger partial charge in [-0.3, -0.25) is 9.59 Å². The number of hydrogen-bond acceptors (Lipinski definition) is 6. The number of hydrogen-bond donors (Lipinski definition) is 1. The fourth-order valence-corrected chi connectivity index (χ4v) is 4.37. The summed E-state index contributed by atoms with van der Waals surface area (Å²) in [7, 11) is 5.48. The van der Waals surface area contributed by atoms with Crippen LogP contribution in [0.3, 0.4) is 0 Å². The van der Waals surface area contributed by atoms with Gasteiger partial charge < -0.3 is 23.8 Å². The molecular formula is C36H62NO7+. The smallest absolute Gasteiger partial charge is 0.362 e. The van der Waals surface area contributed by atoms with Gasteiger partial charge in [-0.05, 0) is 51.4 Å². The molecule has 44 heavy (non-hydrogen) atoms. The van der Waals surface area contributed by atoms with E-state index in [0.29, 0.717) is 19.3 Å². The predicted molar refractivity (Wildman–Crippen MR) is 178 cm³/mol. The van der Waals surface area contributed by atoms with Crippen molar-refractivity contribution in [3.05, 3.63) is 48.6 Å². The van der Waals surface area contributed by atoms with Crippen LogP contribution in [0.15, 0.2) is 48.6 Å². The Bertz CT molecular complexity index is 870. The molecule has 1 N–H and O–H groups in total. The zero-order valence-corrected chi connectivity index (χ0v) is 28.3. The zero-order chi connectivity index (χ0) is 32.9. The highest BCUT2D eigenvalue weighted by atomic mass is 16.6. The molecule has 0 aromatic heterocycles. The quantitative estimate of drug-likeness (QED) is 0.0413. The molecule has 2 atom stereocenters. The molecule has 0 spiro atoms. The van der Waals surface area contributed by atoms with Crippen LogP contribution in [-0.4, -0.2) is 80.6 Å². The zero-order valence-electron chi connectivity index (χ0n) is 28.3. The summed E-state index contributed by atoms with van der Waals surface area (Å²) in [5, 5.41) is 9.51. The van der Waals surface area contributed by atoms with Crippen molar-refractivity contribution in [2.75, 3.05) is 41.0 Å². The first kappa shape index (κ1) is 41.3. The molecule has 0 heterocycles. The van der Waals surface area contributed by atoms with Crippen LogP contribution in [0.2, 0.25) is 0 Å². The van der Waals surface area contributed by atoms with E-state index in [4.69, 9.17) is 14.2 Å². The highest BCUT2D eigenvalue weighted by Gasteiger charge is 2.31. The van der Waals surface area contributed by atoms with Crippen molar-refractivity contribution in [3.63, 3.8) is 0 Å². The van der Waals surface area contributed by atoms with Crippen molar-refractivity contribution in [1.82, 2.24) is 0 Å². The van der Waals surface area contributed by atoms with E-state index >= 15 is 0 Å². The summed E-state index contributed by atoms with van der Waals surface area (Å²) in [4.78, 5) is 36.2.